The summed E-state index contributed by atoms with van der Waals surface area (Å²) < 4.78 is 5.55. The van der Waals surface area contributed by atoms with Crippen LogP contribution in [0.5, 0.6) is 5.75 Å². The molecule has 0 aliphatic rings. The van der Waals surface area contributed by atoms with Gasteiger partial charge in [-0.3, -0.25) is 14.9 Å². The van der Waals surface area contributed by atoms with E-state index < -0.39 is 4.92 Å². The molecule has 0 aliphatic carbocycles. The molecule has 3 aromatic carbocycles. The number of amides is 1. The van der Waals surface area contributed by atoms with Crippen molar-refractivity contribution in [2.45, 2.75) is 13.5 Å². The molecule has 0 N–H and O–H groups in total. The van der Waals surface area contributed by atoms with Crippen molar-refractivity contribution in [3.8, 4) is 5.75 Å². The molecule has 0 aliphatic heterocycles. The highest BCUT2D eigenvalue weighted by Gasteiger charge is 2.20. The van der Waals surface area contributed by atoms with Gasteiger partial charge in [0.2, 0.25) is 0 Å². The van der Waals surface area contributed by atoms with Crippen molar-refractivity contribution in [3.63, 3.8) is 0 Å². The van der Waals surface area contributed by atoms with Crippen LogP contribution in [-0.2, 0) is 11.3 Å². The van der Waals surface area contributed by atoms with Crippen LogP contribution in [0.15, 0.2) is 78.9 Å². The van der Waals surface area contributed by atoms with Crippen LogP contribution in [0.1, 0.15) is 11.1 Å². The van der Waals surface area contributed by atoms with E-state index in [0.717, 1.165) is 16.8 Å². The maximum absolute atomic E-state index is 12.9. The number of nitro benzene ring substituents is 1. The van der Waals surface area contributed by atoms with Gasteiger partial charge in [-0.2, -0.15) is 0 Å². The zero-order valence-corrected chi connectivity index (χ0v) is 15.4. The summed E-state index contributed by atoms with van der Waals surface area (Å²) in [5, 5.41) is 11.2. The quantitative estimate of drug-likeness (QED) is 0.449. The molecule has 3 aromatic rings. The summed E-state index contributed by atoms with van der Waals surface area (Å²) in [6.07, 6.45) is 0. The second kappa shape index (κ2) is 8.81. The summed E-state index contributed by atoms with van der Waals surface area (Å²) in [5.41, 5.74) is 2.37. The van der Waals surface area contributed by atoms with Crippen LogP contribution in [-0.4, -0.2) is 17.4 Å². The predicted octanol–water partition coefficient (Wildman–Crippen LogP) is 4.52. The van der Waals surface area contributed by atoms with E-state index in [1.165, 1.54) is 6.07 Å². The van der Waals surface area contributed by atoms with Crippen molar-refractivity contribution in [1.82, 2.24) is 0 Å². The number of para-hydroxylation sites is 1. The number of carbonyl (C=O) groups excluding carboxylic acids is 1. The first kappa shape index (κ1) is 19.1. The zero-order chi connectivity index (χ0) is 19.9. The molecule has 142 valence electrons. The van der Waals surface area contributed by atoms with Crippen molar-refractivity contribution in [2.24, 2.45) is 0 Å². The van der Waals surface area contributed by atoms with Gasteiger partial charge in [0.05, 0.1) is 11.5 Å². The van der Waals surface area contributed by atoms with Crippen LogP contribution in [0.4, 0.5) is 11.4 Å². The smallest absolute Gasteiger partial charge is 0.310 e. The molecule has 0 heterocycles. The summed E-state index contributed by atoms with van der Waals surface area (Å²) >= 11 is 0. The van der Waals surface area contributed by atoms with Crippen LogP contribution >= 0.6 is 0 Å². The zero-order valence-electron chi connectivity index (χ0n) is 15.4. The highest BCUT2D eigenvalue weighted by atomic mass is 16.6. The van der Waals surface area contributed by atoms with Crippen LogP contribution in [0, 0.1) is 17.0 Å². The molecular formula is C22H20N2O4. The van der Waals surface area contributed by atoms with Crippen molar-refractivity contribution < 1.29 is 14.5 Å². The maximum atomic E-state index is 12.9. The molecule has 0 atom stereocenters. The molecule has 0 aromatic heterocycles. The van der Waals surface area contributed by atoms with E-state index in [2.05, 4.69) is 0 Å². The molecule has 0 bridgehead atoms. The lowest BCUT2D eigenvalue weighted by molar-refractivity contribution is -0.385. The Hall–Kier alpha value is -3.67. The monoisotopic (exact) mass is 376 g/mol. The van der Waals surface area contributed by atoms with Gasteiger partial charge in [-0.1, -0.05) is 54.6 Å². The highest BCUT2D eigenvalue weighted by molar-refractivity contribution is 5.94. The third kappa shape index (κ3) is 4.73. The molecule has 6 nitrogen and oxygen atoms in total. The van der Waals surface area contributed by atoms with Gasteiger partial charge >= 0.3 is 5.69 Å². The second-order valence-corrected chi connectivity index (χ2v) is 6.32. The molecular weight excluding hydrogens is 356 g/mol. The number of hydrogen-bond acceptors (Lipinski definition) is 4. The Kier molecular flexibility index (Phi) is 6.01. The molecule has 0 spiro atoms. The van der Waals surface area contributed by atoms with E-state index in [1.54, 1.807) is 17.0 Å². The molecule has 0 saturated carbocycles. The van der Waals surface area contributed by atoms with E-state index in [1.807, 2.05) is 67.6 Å². The first-order chi connectivity index (χ1) is 13.5. The second-order valence-electron chi connectivity index (χ2n) is 6.32. The van der Waals surface area contributed by atoms with E-state index in [0.29, 0.717) is 6.54 Å². The fraction of sp³-hybridized carbons (Fsp3) is 0.136. The number of hydrogen-bond donors (Lipinski definition) is 0. The number of nitro groups is 1. The summed E-state index contributed by atoms with van der Waals surface area (Å²) in [7, 11) is 0. The Balaban J connectivity index is 1.80. The Morgan fingerprint density at radius 1 is 1.00 bits per heavy atom. The third-order valence-electron chi connectivity index (χ3n) is 4.22. The van der Waals surface area contributed by atoms with Crippen LogP contribution < -0.4 is 9.64 Å². The average molecular weight is 376 g/mol. The van der Waals surface area contributed by atoms with Gasteiger partial charge in [0.1, 0.15) is 0 Å². The molecule has 3 rings (SSSR count). The maximum Gasteiger partial charge on any atom is 0.310 e. The number of carbonyl (C=O) groups is 1. The number of benzene rings is 3. The fourth-order valence-electron chi connectivity index (χ4n) is 2.80. The van der Waals surface area contributed by atoms with Gasteiger partial charge in [-0.25, -0.2) is 0 Å². The molecule has 28 heavy (non-hydrogen) atoms. The minimum Gasteiger partial charge on any atom is -0.477 e. The third-order valence-corrected chi connectivity index (χ3v) is 4.22. The van der Waals surface area contributed by atoms with Crippen molar-refractivity contribution in [3.05, 3.63) is 100 Å². The van der Waals surface area contributed by atoms with Crippen LogP contribution in [0.3, 0.4) is 0 Å². The predicted molar refractivity (Wildman–Crippen MR) is 107 cm³/mol. The summed E-state index contributed by atoms with van der Waals surface area (Å²) in [4.78, 5) is 25.2. The minimum atomic E-state index is -0.516. The lowest BCUT2D eigenvalue weighted by Gasteiger charge is -2.23. The largest absolute Gasteiger partial charge is 0.477 e. The lowest BCUT2D eigenvalue weighted by atomic mass is 10.2. The van der Waals surface area contributed by atoms with Crippen molar-refractivity contribution >= 4 is 17.3 Å². The standard InChI is InChI=1S/C22H20N2O4/c1-17-12-13-20(24(26)27)21(14-17)28-16-22(25)23(19-10-6-3-7-11-19)15-18-8-4-2-5-9-18/h2-14H,15-16H2,1H3. The minimum absolute atomic E-state index is 0.0890. The molecule has 0 unspecified atom stereocenters. The molecule has 0 fully saturated rings. The average Bonchev–Trinajstić information content (AvgIpc) is 2.71. The van der Waals surface area contributed by atoms with E-state index in [9.17, 15) is 14.9 Å². The number of ether oxygens (including phenoxy) is 1. The number of rotatable bonds is 7. The molecule has 1 amide bonds. The van der Waals surface area contributed by atoms with Gasteiger partial charge in [-0.05, 0) is 36.2 Å². The van der Waals surface area contributed by atoms with Crippen LogP contribution in [0.2, 0.25) is 0 Å². The van der Waals surface area contributed by atoms with Gasteiger partial charge in [0.15, 0.2) is 12.4 Å². The van der Waals surface area contributed by atoms with E-state index >= 15 is 0 Å². The topological polar surface area (TPSA) is 72.7 Å². The van der Waals surface area contributed by atoms with Gasteiger partial charge in [0, 0.05) is 11.8 Å². The molecule has 0 radical (unpaired) electrons. The lowest BCUT2D eigenvalue weighted by Crippen LogP contribution is -2.34. The number of aryl methyl sites for hydroxylation is 1. The Morgan fingerprint density at radius 2 is 1.64 bits per heavy atom. The Morgan fingerprint density at radius 3 is 2.29 bits per heavy atom. The van der Waals surface area contributed by atoms with Gasteiger partial charge in [-0.15, -0.1) is 0 Å². The fourth-order valence-corrected chi connectivity index (χ4v) is 2.80. The SMILES string of the molecule is Cc1ccc([N+](=O)[O-])c(OCC(=O)N(Cc2ccccc2)c2ccccc2)c1. The summed E-state index contributed by atoms with van der Waals surface area (Å²) in [6.45, 7) is 1.89. The van der Waals surface area contributed by atoms with E-state index in [-0.39, 0.29) is 24.0 Å². The first-order valence-corrected chi connectivity index (χ1v) is 8.82. The first-order valence-electron chi connectivity index (χ1n) is 8.82. The van der Waals surface area contributed by atoms with Crippen molar-refractivity contribution in [2.75, 3.05) is 11.5 Å². The van der Waals surface area contributed by atoms with Crippen LogP contribution in [0.25, 0.3) is 0 Å². The molecule has 0 saturated heterocycles. The Bertz CT molecular complexity index is 959. The van der Waals surface area contributed by atoms with Crippen molar-refractivity contribution in [1.29, 1.82) is 0 Å². The van der Waals surface area contributed by atoms with E-state index in [4.69, 9.17) is 4.74 Å². The highest BCUT2D eigenvalue weighted by Crippen LogP contribution is 2.28. The summed E-state index contributed by atoms with van der Waals surface area (Å²) in [5.74, 6) is -0.197. The molecule has 6 heteroatoms. The number of anilines is 1. The Labute approximate surface area is 163 Å². The normalized spacial score (nSPS) is 10.3. The summed E-state index contributed by atoms with van der Waals surface area (Å²) in [6, 6.07) is 23.5. The number of nitrogens with zero attached hydrogens (tertiary/aromatic N) is 2. The van der Waals surface area contributed by atoms with Gasteiger partial charge in [0.25, 0.3) is 5.91 Å². The van der Waals surface area contributed by atoms with Gasteiger partial charge < -0.3 is 9.64 Å².